The molecule has 3 N–H and O–H groups in total. The van der Waals surface area contributed by atoms with Crippen molar-refractivity contribution < 1.29 is 9.90 Å². The van der Waals surface area contributed by atoms with Gasteiger partial charge in [-0.15, -0.1) is 11.8 Å². The number of carbonyl (C=O) groups excluding carboxylic acids is 1. The summed E-state index contributed by atoms with van der Waals surface area (Å²) in [6.07, 6.45) is 1.39. The monoisotopic (exact) mass is 574 g/mol. The van der Waals surface area contributed by atoms with E-state index in [1.165, 1.54) is 11.1 Å². The van der Waals surface area contributed by atoms with Crippen LogP contribution in [-0.4, -0.2) is 63.0 Å². The third kappa shape index (κ3) is 5.17. The number of H-pyrrole nitrogens is 1. The van der Waals surface area contributed by atoms with E-state index in [-0.39, 0.29) is 18.4 Å². The Morgan fingerprint density at radius 3 is 2.40 bits per heavy atom. The molecule has 3 aromatic carbocycles. The highest BCUT2D eigenvalue weighted by molar-refractivity contribution is 8.00. The number of benzene rings is 3. The highest BCUT2D eigenvalue weighted by Crippen LogP contribution is 2.56. The molecule has 40 heavy (non-hydrogen) atoms. The molecule has 8 heteroatoms. The van der Waals surface area contributed by atoms with E-state index in [0.29, 0.717) is 11.6 Å². The molecule has 3 atom stereocenters. The number of likely N-dealkylation sites (tertiary alicyclic amines) is 1. The van der Waals surface area contributed by atoms with E-state index in [0.717, 1.165) is 53.1 Å². The van der Waals surface area contributed by atoms with Gasteiger partial charge in [-0.25, -0.2) is 0 Å². The van der Waals surface area contributed by atoms with Crippen molar-refractivity contribution in [1.29, 1.82) is 0 Å². The van der Waals surface area contributed by atoms with Crippen LogP contribution >= 0.6 is 23.4 Å². The van der Waals surface area contributed by atoms with E-state index in [9.17, 15) is 9.90 Å². The Labute approximate surface area is 244 Å². The molecular weight excluding hydrogens is 540 g/mol. The Balaban J connectivity index is 1.52. The summed E-state index contributed by atoms with van der Waals surface area (Å²) in [5.41, 5.74) is 5.34. The zero-order chi connectivity index (χ0) is 27.9. The SMILES string of the molecule is Cc1ccc(CN2C(=O)CC(Sc3ccc(C)cc3)(C(O)N3CCNCC3)C2c2c[nH]c3cc(Cl)ccc23)cc1. The lowest BCUT2D eigenvalue weighted by Crippen LogP contribution is -2.58. The molecule has 2 fully saturated rings. The smallest absolute Gasteiger partial charge is 0.225 e. The largest absolute Gasteiger partial charge is 0.377 e. The molecule has 6 rings (SSSR count). The van der Waals surface area contributed by atoms with Crippen LogP contribution in [0.3, 0.4) is 0 Å². The van der Waals surface area contributed by atoms with Gasteiger partial charge in [0, 0.05) is 71.7 Å². The van der Waals surface area contributed by atoms with E-state index < -0.39 is 11.0 Å². The van der Waals surface area contributed by atoms with Crippen LogP contribution in [0.1, 0.15) is 34.7 Å². The van der Waals surface area contributed by atoms with Crippen molar-refractivity contribution in [1.82, 2.24) is 20.1 Å². The molecule has 0 spiro atoms. The van der Waals surface area contributed by atoms with E-state index >= 15 is 0 Å². The minimum absolute atomic E-state index is 0.0442. The second-order valence-electron chi connectivity index (χ2n) is 11.1. The summed E-state index contributed by atoms with van der Waals surface area (Å²) in [5.74, 6) is 0.0442. The summed E-state index contributed by atoms with van der Waals surface area (Å²) >= 11 is 7.98. The van der Waals surface area contributed by atoms with Crippen LogP contribution in [-0.2, 0) is 11.3 Å². The number of aryl methyl sites for hydroxylation is 2. The van der Waals surface area contributed by atoms with Crippen molar-refractivity contribution in [3.05, 3.63) is 100 Å². The fraction of sp³-hybridized carbons (Fsp3) is 0.344. The predicted molar refractivity (Wildman–Crippen MR) is 163 cm³/mol. The first kappa shape index (κ1) is 27.4. The number of aromatic nitrogens is 1. The number of nitrogens with one attached hydrogen (secondary N) is 2. The summed E-state index contributed by atoms with van der Waals surface area (Å²) in [6, 6.07) is 22.2. The van der Waals surface area contributed by atoms with Gasteiger partial charge in [-0.1, -0.05) is 65.2 Å². The van der Waals surface area contributed by atoms with Gasteiger partial charge in [-0.3, -0.25) is 9.69 Å². The van der Waals surface area contributed by atoms with Crippen molar-refractivity contribution in [2.24, 2.45) is 0 Å². The number of rotatable bonds is 7. The first-order valence-corrected chi connectivity index (χ1v) is 15.0. The van der Waals surface area contributed by atoms with Crippen molar-refractivity contribution in [2.75, 3.05) is 26.2 Å². The zero-order valence-electron chi connectivity index (χ0n) is 22.9. The fourth-order valence-corrected chi connectivity index (χ4v) is 7.83. The molecule has 0 bridgehead atoms. The van der Waals surface area contributed by atoms with Gasteiger partial charge < -0.3 is 20.3 Å². The normalized spacial score (nSPS) is 22.8. The second-order valence-corrected chi connectivity index (χ2v) is 12.9. The highest BCUT2D eigenvalue weighted by atomic mass is 35.5. The first-order chi connectivity index (χ1) is 19.3. The molecule has 2 saturated heterocycles. The summed E-state index contributed by atoms with van der Waals surface area (Å²) in [5, 5.41) is 17.4. The van der Waals surface area contributed by atoms with Crippen molar-refractivity contribution in [2.45, 2.75) is 48.7 Å². The lowest BCUT2D eigenvalue weighted by molar-refractivity contribution is -0.129. The second kappa shape index (κ2) is 11.2. The zero-order valence-corrected chi connectivity index (χ0v) is 24.4. The first-order valence-electron chi connectivity index (χ1n) is 13.8. The minimum Gasteiger partial charge on any atom is -0.377 e. The Morgan fingerprint density at radius 1 is 1.02 bits per heavy atom. The molecule has 3 unspecified atom stereocenters. The van der Waals surface area contributed by atoms with Gasteiger partial charge in [0.1, 0.15) is 6.23 Å². The molecule has 208 valence electrons. The molecule has 3 heterocycles. The molecule has 4 aromatic rings. The number of aliphatic hydroxyl groups excluding tert-OH is 1. The maximum absolute atomic E-state index is 14.1. The average molecular weight is 575 g/mol. The molecular formula is C32H35ClN4O2S. The molecule has 2 aliphatic rings. The summed E-state index contributed by atoms with van der Waals surface area (Å²) < 4.78 is -0.844. The topological polar surface area (TPSA) is 71.6 Å². The third-order valence-electron chi connectivity index (χ3n) is 8.23. The van der Waals surface area contributed by atoms with E-state index in [1.54, 1.807) is 11.8 Å². The van der Waals surface area contributed by atoms with Gasteiger partial charge in [0.15, 0.2) is 0 Å². The molecule has 1 amide bonds. The highest BCUT2D eigenvalue weighted by Gasteiger charge is 2.59. The molecule has 2 aliphatic heterocycles. The average Bonchev–Trinajstić information content (AvgIpc) is 3.48. The lowest BCUT2D eigenvalue weighted by Gasteiger charge is -2.45. The third-order valence-corrected chi connectivity index (χ3v) is 9.93. The van der Waals surface area contributed by atoms with Crippen LogP contribution in [0.4, 0.5) is 0 Å². The number of aromatic amines is 1. The van der Waals surface area contributed by atoms with Gasteiger partial charge in [-0.05, 0) is 43.7 Å². The summed E-state index contributed by atoms with van der Waals surface area (Å²) in [6.45, 7) is 7.66. The Kier molecular flexibility index (Phi) is 7.68. The van der Waals surface area contributed by atoms with Crippen LogP contribution < -0.4 is 5.32 Å². The number of carbonyl (C=O) groups is 1. The molecule has 0 aliphatic carbocycles. The maximum atomic E-state index is 14.1. The number of hydrogen-bond donors (Lipinski definition) is 3. The summed E-state index contributed by atoms with van der Waals surface area (Å²) in [4.78, 5) is 22.7. The van der Waals surface area contributed by atoms with Crippen molar-refractivity contribution in [3.8, 4) is 0 Å². The number of piperazine rings is 1. The van der Waals surface area contributed by atoms with Crippen LogP contribution in [0.2, 0.25) is 5.02 Å². The van der Waals surface area contributed by atoms with Crippen molar-refractivity contribution >= 4 is 40.2 Å². The van der Waals surface area contributed by atoms with Gasteiger partial charge in [-0.2, -0.15) is 0 Å². The van der Waals surface area contributed by atoms with Crippen LogP contribution in [0.5, 0.6) is 0 Å². The van der Waals surface area contributed by atoms with E-state index in [4.69, 9.17) is 11.6 Å². The van der Waals surface area contributed by atoms with Gasteiger partial charge in [0.05, 0.1) is 10.8 Å². The molecule has 0 saturated carbocycles. The van der Waals surface area contributed by atoms with Crippen molar-refractivity contribution in [3.63, 3.8) is 0 Å². The van der Waals surface area contributed by atoms with Crippen LogP contribution in [0.15, 0.2) is 77.8 Å². The quantitative estimate of drug-likeness (QED) is 0.265. The number of fused-ring (bicyclic) bond motifs is 1. The van der Waals surface area contributed by atoms with E-state index in [1.807, 2.05) is 29.3 Å². The lowest BCUT2D eigenvalue weighted by atomic mass is 9.89. The number of aliphatic hydroxyl groups is 1. The number of nitrogens with zero attached hydrogens (tertiary/aromatic N) is 2. The number of thioether (sulfide) groups is 1. The fourth-order valence-electron chi connectivity index (χ4n) is 6.13. The Morgan fingerprint density at radius 2 is 1.70 bits per heavy atom. The van der Waals surface area contributed by atoms with Crippen LogP contribution in [0, 0.1) is 13.8 Å². The Hall–Kier alpha value is -2.81. The predicted octanol–water partition coefficient (Wildman–Crippen LogP) is 5.67. The number of hydrogen-bond acceptors (Lipinski definition) is 5. The summed E-state index contributed by atoms with van der Waals surface area (Å²) in [7, 11) is 0. The van der Waals surface area contributed by atoms with Gasteiger partial charge in [0.2, 0.25) is 5.91 Å². The minimum atomic E-state index is -0.844. The molecule has 1 aromatic heterocycles. The Bertz CT molecular complexity index is 1500. The van der Waals surface area contributed by atoms with E-state index in [2.05, 4.69) is 77.6 Å². The standard InChI is InChI=1S/C32H35ClN4O2S/c1-21-3-7-23(8-4-21)20-37-29(38)18-32(31(39)36-15-13-34-14-16-36,40-25-10-5-22(2)6-11-25)30(37)27-19-35-28-17-24(33)9-12-26(27)28/h3-12,17,19,30-31,34-35,39H,13-16,18,20H2,1-2H3. The number of amides is 1. The number of halogens is 1. The molecule has 6 nitrogen and oxygen atoms in total. The van der Waals surface area contributed by atoms with Gasteiger partial charge in [0.25, 0.3) is 0 Å². The van der Waals surface area contributed by atoms with Gasteiger partial charge >= 0.3 is 0 Å². The molecule has 0 radical (unpaired) electrons. The maximum Gasteiger partial charge on any atom is 0.225 e. The van der Waals surface area contributed by atoms with Crippen LogP contribution in [0.25, 0.3) is 10.9 Å².